The molecule has 0 fully saturated rings. The van der Waals surface area contributed by atoms with Gasteiger partial charge in [-0.1, -0.05) is 36.4 Å². The molecule has 0 unspecified atom stereocenters. The highest BCUT2D eigenvalue weighted by molar-refractivity contribution is 6.06. The van der Waals surface area contributed by atoms with Gasteiger partial charge in [-0.2, -0.15) is 0 Å². The fourth-order valence-electron chi connectivity index (χ4n) is 1.94. The van der Waals surface area contributed by atoms with E-state index in [1.165, 1.54) is 0 Å². The first-order valence-corrected chi connectivity index (χ1v) is 6.08. The molecule has 0 atom stereocenters. The highest BCUT2D eigenvalue weighted by atomic mass is 16.5. The van der Waals surface area contributed by atoms with Gasteiger partial charge in [-0.05, 0) is 23.3 Å². The van der Waals surface area contributed by atoms with E-state index in [0.717, 1.165) is 22.8 Å². The van der Waals surface area contributed by atoms with Gasteiger partial charge >= 0.3 is 0 Å². The molecule has 0 aromatic heterocycles. The molecule has 0 heterocycles. The Labute approximate surface area is 107 Å². The molecule has 3 heteroatoms. The molecule has 1 amide bonds. The Kier molecular flexibility index (Phi) is 4.31. The lowest BCUT2D eigenvalue weighted by atomic mass is 10.0. The van der Waals surface area contributed by atoms with E-state index in [0.29, 0.717) is 13.2 Å². The zero-order valence-electron chi connectivity index (χ0n) is 10.5. The first-order chi connectivity index (χ1) is 8.83. The van der Waals surface area contributed by atoms with Crippen molar-refractivity contribution >= 4 is 16.7 Å². The molecule has 3 nitrogen and oxygen atoms in total. The quantitative estimate of drug-likeness (QED) is 0.820. The molecule has 94 valence electrons. The summed E-state index contributed by atoms with van der Waals surface area (Å²) in [5.41, 5.74) is 0.727. The number of methoxy groups -OCH3 is 1. The molecule has 18 heavy (non-hydrogen) atoms. The van der Waals surface area contributed by atoms with Crippen LogP contribution in [0.25, 0.3) is 10.8 Å². The van der Waals surface area contributed by atoms with Gasteiger partial charge in [-0.3, -0.25) is 4.79 Å². The van der Waals surface area contributed by atoms with Crippen molar-refractivity contribution in [2.45, 2.75) is 6.42 Å². The predicted molar refractivity (Wildman–Crippen MR) is 72.8 cm³/mol. The number of ether oxygens (including phenoxy) is 1. The zero-order chi connectivity index (χ0) is 12.8. The van der Waals surface area contributed by atoms with E-state index >= 15 is 0 Å². The van der Waals surface area contributed by atoms with Crippen LogP contribution in [-0.4, -0.2) is 26.2 Å². The lowest BCUT2D eigenvalue weighted by molar-refractivity contribution is 0.0950. The van der Waals surface area contributed by atoms with Gasteiger partial charge in [-0.25, -0.2) is 0 Å². The van der Waals surface area contributed by atoms with Crippen LogP contribution in [0.3, 0.4) is 0 Å². The van der Waals surface area contributed by atoms with Gasteiger partial charge in [0, 0.05) is 25.8 Å². The van der Waals surface area contributed by atoms with Crippen molar-refractivity contribution in [1.82, 2.24) is 5.32 Å². The van der Waals surface area contributed by atoms with Crippen molar-refractivity contribution in [3.63, 3.8) is 0 Å². The number of hydrogen-bond acceptors (Lipinski definition) is 2. The second-order valence-electron chi connectivity index (χ2n) is 4.13. The summed E-state index contributed by atoms with van der Waals surface area (Å²) >= 11 is 0. The normalized spacial score (nSPS) is 10.5. The van der Waals surface area contributed by atoms with Crippen molar-refractivity contribution in [1.29, 1.82) is 0 Å². The Hall–Kier alpha value is -1.87. The molecule has 0 radical (unpaired) electrons. The molecule has 2 aromatic rings. The van der Waals surface area contributed by atoms with Crippen LogP contribution in [0, 0.1) is 0 Å². The maximum Gasteiger partial charge on any atom is 0.251 e. The average Bonchev–Trinajstić information content (AvgIpc) is 2.43. The summed E-state index contributed by atoms with van der Waals surface area (Å²) in [6, 6.07) is 13.7. The van der Waals surface area contributed by atoms with Crippen LogP contribution in [0.1, 0.15) is 16.8 Å². The molecular weight excluding hydrogens is 226 g/mol. The van der Waals surface area contributed by atoms with E-state index < -0.39 is 0 Å². The van der Waals surface area contributed by atoms with Crippen LogP contribution in [0.15, 0.2) is 42.5 Å². The molecule has 1 N–H and O–H groups in total. The fourth-order valence-corrected chi connectivity index (χ4v) is 1.94. The third kappa shape index (κ3) is 2.87. The number of carbonyl (C=O) groups excluding carboxylic acids is 1. The number of rotatable bonds is 5. The highest BCUT2D eigenvalue weighted by Crippen LogP contribution is 2.18. The van der Waals surface area contributed by atoms with E-state index in [-0.39, 0.29) is 5.91 Å². The van der Waals surface area contributed by atoms with Gasteiger partial charge in [0.05, 0.1) is 0 Å². The largest absolute Gasteiger partial charge is 0.385 e. The first-order valence-electron chi connectivity index (χ1n) is 6.08. The molecule has 2 aromatic carbocycles. The molecule has 0 aliphatic rings. The summed E-state index contributed by atoms with van der Waals surface area (Å²) in [5, 5.41) is 4.98. The minimum absolute atomic E-state index is 0.0251. The summed E-state index contributed by atoms with van der Waals surface area (Å²) in [6.45, 7) is 1.30. The van der Waals surface area contributed by atoms with Gasteiger partial charge in [-0.15, -0.1) is 0 Å². The van der Waals surface area contributed by atoms with E-state index in [1.54, 1.807) is 7.11 Å². The summed E-state index contributed by atoms with van der Waals surface area (Å²) in [6.07, 6.45) is 0.826. The van der Waals surface area contributed by atoms with Crippen LogP contribution >= 0.6 is 0 Å². The van der Waals surface area contributed by atoms with E-state index in [2.05, 4.69) is 5.32 Å². The smallest absolute Gasteiger partial charge is 0.251 e. The summed E-state index contributed by atoms with van der Waals surface area (Å²) < 4.78 is 4.95. The molecule has 2 rings (SSSR count). The maximum atomic E-state index is 12.1. The Morgan fingerprint density at radius 1 is 1.17 bits per heavy atom. The van der Waals surface area contributed by atoms with Gasteiger partial charge in [0.1, 0.15) is 0 Å². The van der Waals surface area contributed by atoms with Crippen molar-refractivity contribution in [2.75, 3.05) is 20.3 Å². The minimum atomic E-state index is -0.0251. The first kappa shape index (κ1) is 12.6. The topological polar surface area (TPSA) is 38.3 Å². The molecule has 0 aliphatic heterocycles. The highest BCUT2D eigenvalue weighted by Gasteiger charge is 2.08. The number of fused-ring (bicyclic) bond motifs is 1. The monoisotopic (exact) mass is 243 g/mol. The molecule has 0 spiro atoms. The third-order valence-corrected chi connectivity index (χ3v) is 2.85. The minimum Gasteiger partial charge on any atom is -0.385 e. The summed E-state index contributed by atoms with van der Waals surface area (Å²) in [4.78, 5) is 12.1. The van der Waals surface area contributed by atoms with Gasteiger partial charge in [0.15, 0.2) is 0 Å². The van der Waals surface area contributed by atoms with Crippen molar-refractivity contribution in [3.8, 4) is 0 Å². The standard InChI is InChI=1S/C15H17NO2/c1-18-11-5-10-16-15(17)14-9-4-7-12-6-2-3-8-13(12)14/h2-4,6-9H,5,10-11H2,1H3,(H,16,17). The van der Waals surface area contributed by atoms with Crippen molar-refractivity contribution < 1.29 is 9.53 Å². The van der Waals surface area contributed by atoms with Crippen molar-refractivity contribution in [2.24, 2.45) is 0 Å². The van der Waals surface area contributed by atoms with Crippen molar-refractivity contribution in [3.05, 3.63) is 48.0 Å². The van der Waals surface area contributed by atoms with Gasteiger partial charge < -0.3 is 10.1 Å². The summed E-state index contributed by atoms with van der Waals surface area (Å²) in [7, 11) is 1.66. The van der Waals surface area contributed by atoms with E-state index in [1.807, 2.05) is 42.5 Å². The average molecular weight is 243 g/mol. The Balaban J connectivity index is 2.13. The number of benzene rings is 2. The molecule has 0 saturated carbocycles. The lowest BCUT2D eigenvalue weighted by Gasteiger charge is -2.07. The lowest BCUT2D eigenvalue weighted by Crippen LogP contribution is -2.25. The van der Waals surface area contributed by atoms with E-state index in [4.69, 9.17) is 4.74 Å². The SMILES string of the molecule is COCCCNC(=O)c1cccc2ccccc12. The van der Waals surface area contributed by atoms with Crippen LogP contribution in [0.4, 0.5) is 0 Å². The predicted octanol–water partition coefficient (Wildman–Crippen LogP) is 2.61. The number of carbonyl (C=O) groups is 1. The molecular formula is C15H17NO2. The Morgan fingerprint density at radius 3 is 2.78 bits per heavy atom. The molecule has 0 bridgehead atoms. The van der Waals surface area contributed by atoms with Crippen LogP contribution < -0.4 is 5.32 Å². The summed E-state index contributed by atoms with van der Waals surface area (Å²) in [5.74, 6) is -0.0251. The fraction of sp³-hybridized carbons (Fsp3) is 0.267. The Bertz CT molecular complexity index is 532. The molecule has 0 saturated heterocycles. The third-order valence-electron chi connectivity index (χ3n) is 2.85. The number of nitrogens with one attached hydrogen (secondary N) is 1. The van der Waals surface area contributed by atoms with E-state index in [9.17, 15) is 4.79 Å². The number of hydrogen-bond donors (Lipinski definition) is 1. The second kappa shape index (κ2) is 6.17. The van der Waals surface area contributed by atoms with Gasteiger partial charge in [0.25, 0.3) is 5.91 Å². The van der Waals surface area contributed by atoms with Crippen LogP contribution in [0.2, 0.25) is 0 Å². The number of amides is 1. The van der Waals surface area contributed by atoms with Gasteiger partial charge in [0.2, 0.25) is 0 Å². The Morgan fingerprint density at radius 2 is 1.94 bits per heavy atom. The molecule has 0 aliphatic carbocycles. The second-order valence-corrected chi connectivity index (χ2v) is 4.13. The van der Waals surface area contributed by atoms with Crippen LogP contribution in [0.5, 0.6) is 0 Å². The maximum absolute atomic E-state index is 12.1. The van der Waals surface area contributed by atoms with Crippen LogP contribution in [-0.2, 0) is 4.74 Å². The zero-order valence-corrected chi connectivity index (χ0v) is 10.5.